The van der Waals surface area contributed by atoms with Gasteiger partial charge in [0.05, 0.1) is 12.1 Å². The van der Waals surface area contributed by atoms with Crippen LogP contribution in [0.2, 0.25) is 0 Å². The van der Waals surface area contributed by atoms with Crippen molar-refractivity contribution in [3.8, 4) is 12.1 Å². The van der Waals surface area contributed by atoms with Gasteiger partial charge in [-0.25, -0.2) is 0 Å². The van der Waals surface area contributed by atoms with E-state index in [0.29, 0.717) is 11.8 Å². The summed E-state index contributed by atoms with van der Waals surface area (Å²) >= 11 is 0. The van der Waals surface area contributed by atoms with E-state index < -0.39 is 0 Å². The first kappa shape index (κ1) is 51.9. The van der Waals surface area contributed by atoms with Gasteiger partial charge in [-0.2, -0.15) is 10.5 Å². The Hall–Kier alpha value is -1.22. The Morgan fingerprint density at radius 1 is 0.320 bits per heavy atom. The molecule has 75 heavy (non-hydrogen) atoms. The van der Waals surface area contributed by atoms with Crippen LogP contribution in [-0.2, 0) is 0 Å². The average molecular weight is 1020 g/mol. The van der Waals surface area contributed by atoms with Crippen LogP contribution < -0.4 is 10.6 Å². The zero-order valence-corrected chi connectivity index (χ0v) is 48.0. The molecule has 9 saturated carbocycles. The second-order valence-corrected chi connectivity index (χ2v) is 31.0. The lowest BCUT2D eigenvalue weighted by molar-refractivity contribution is 0.000605. The Kier molecular flexibility index (Phi) is 15.4. The normalized spacial score (nSPS) is 53.0. The Labute approximate surface area is 458 Å². The quantitative estimate of drug-likeness (QED) is 0.263. The second-order valence-electron chi connectivity index (χ2n) is 31.0. The van der Waals surface area contributed by atoms with Crippen LogP contribution in [0.15, 0.2) is 0 Å². The number of likely N-dealkylation sites (tertiary alicyclic amines) is 3. The van der Waals surface area contributed by atoms with Crippen LogP contribution in [0, 0.1) is 117 Å². The molecule has 0 spiro atoms. The van der Waals surface area contributed by atoms with Crippen molar-refractivity contribution in [1.82, 2.24) is 25.3 Å². The zero-order chi connectivity index (χ0) is 50.3. The van der Waals surface area contributed by atoms with Crippen molar-refractivity contribution in [3.05, 3.63) is 0 Å². The molecule has 0 aromatic heterocycles. The van der Waals surface area contributed by atoms with E-state index in [1.54, 1.807) is 0 Å². The third-order valence-corrected chi connectivity index (χ3v) is 27.9. The Bertz CT molecular complexity index is 1860. The third-order valence-electron chi connectivity index (χ3n) is 27.9. The van der Waals surface area contributed by atoms with E-state index in [4.69, 9.17) is 0 Å². The summed E-state index contributed by atoms with van der Waals surface area (Å²) in [6, 6.07) is 14.1. The fraction of sp³-hybridized carbons (Fsp3) is 0.971. The minimum Gasteiger partial charge on any atom is -0.312 e. The average Bonchev–Trinajstić information content (AvgIpc) is 4.18. The summed E-state index contributed by atoms with van der Waals surface area (Å²) in [6.07, 6.45) is 49.9. The smallest absolute Gasteiger partial charge is 0.0655 e. The van der Waals surface area contributed by atoms with Gasteiger partial charge < -0.3 is 10.6 Å². The van der Waals surface area contributed by atoms with E-state index in [9.17, 15) is 10.5 Å². The van der Waals surface area contributed by atoms with E-state index in [1.165, 1.54) is 238 Å². The number of nitriles is 2. The zero-order valence-electron chi connectivity index (χ0n) is 48.0. The Morgan fingerprint density at radius 2 is 0.693 bits per heavy atom. The van der Waals surface area contributed by atoms with Crippen LogP contribution in [0.4, 0.5) is 0 Å². The van der Waals surface area contributed by atoms with Gasteiger partial charge in [-0.05, 0) is 263 Å². The molecule has 14 fully saturated rings. The number of piperidine rings is 2. The summed E-state index contributed by atoms with van der Waals surface area (Å²) in [5, 5.41) is 28.2. The van der Waals surface area contributed by atoms with E-state index >= 15 is 0 Å². The molecule has 0 aromatic carbocycles. The maximum Gasteiger partial charge on any atom is 0.0655 e. The molecule has 7 heteroatoms. The van der Waals surface area contributed by atoms with Gasteiger partial charge in [0.2, 0.25) is 0 Å². The van der Waals surface area contributed by atoms with E-state index in [1.807, 2.05) is 0 Å². The maximum absolute atomic E-state index is 9.57. The lowest BCUT2D eigenvalue weighted by atomic mass is 9.60. The molecule has 416 valence electrons. The highest BCUT2D eigenvalue weighted by Gasteiger charge is 2.62. The highest BCUT2D eigenvalue weighted by atomic mass is 15.3. The molecule has 5 aliphatic heterocycles. The van der Waals surface area contributed by atoms with Crippen LogP contribution >= 0.6 is 0 Å². The number of nitrogens with one attached hydrogen (secondary N) is 2. The molecule has 0 amide bonds. The first-order valence-corrected chi connectivity index (χ1v) is 34.5. The highest BCUT2D eigenvalue weighted by molar-refractivity contribution is 5.16. The molecule has 7 nitrogen and oxygen atoms in total. The molecule has 5 saturated heterocycles. The summed E-state index contributed by atoms with van der Waals surface area (Å²) in [4.78, 5) is 9.87. The predicted octanol–water partition coefficient (Wildman–Crippen LogP) is 13.9. The van der Waals surface area contributed by atoms with Crippen LogP contribution in [-0.4, -0.2) is 94.2 Å². The molecule has 18 unspecified atom stereocenters. The molecular formula is C68H109N7. The first-order valence-electron chi connectivity index (χ1n) is 34.5. The van der Waals surface area contributed by atoms with E-state index in [0.717, 1.165) is 149 Å². The monoisotopic (exact) mass is 1020 g/mol. The van der Waals surface area contributed by atoms with Crippen LogP contribution in [0.25, 0.3) is 0 Å². The Balaban J connectivity index is 0.653. The summed E-state index contributed by atoms with van der Waals surface area (Å²) in [5.41, 5.74) is 0. The van der Waals surface area contributed by atoms with Crippen molar-refractivity contribution < 1.29 is 0 Å². The van der Waals surface area contributed by atoms with Crippen molar-refractivity contribution >= 4 is 0 Å². The lowest BCUT2D eigenvalue weighted by Gasteiger charge is -2.50. The van der Waals surface area contributed by atoms with Gasteiger partial charge in [-0.15, -0.1) is 0 Å². The van der Waals surface area contributed by atoms with Gasteiger partial charge in [-0.3, -0.25) is 14.7 Å². The van der Waals surface area contributed by atoms with Gasteiger partial charge in [0.15, 0.2) is 0 Å². The van der Waals surface area contributed by atoms with Gasteiger partial charge in [0.25, 0.3) is 0 Å². The van der Waals surface area contributed by atoms with Gasteiger partial charge >= 0.3 is 0 Å². The second kappa shape index (κ2) is 22.3. The van der Waals surface area contributed by atoms with Crippen molar-refractivity contribution in [2.75, 3.05) is 13.1 Å². The van der Waals surface area contributed by atoms with Crippen molar-refractivity contribution in [3.63, 3.8) is 0 Å². The maximum atomic E-state index is 9.57. The molecule has 14 aliphatic rings. The largest absolute Gasteiger partial charge is 0.312 e. The highest BCUT2D eigenvalue weighted by Crippen LogP contribution is 2.60. The third kappa shape index (κ3) is 9.61. The standard InChI is InChI=1S/C68H109N7/c1-42-32-50(61-36-57-55-12-6-8-14-63(55)73(65(57)40-71-61)53-28-24-48(25-29-53)46-20-16-44(38-69)17-21-46)34-59-60-35-51(33-43(2)68(60)75(67(42)59)52-10-4-3-5-11-52)62-37-58-56-13-7-9-15-64(56)74(66(58)41-72-62)54-30-26-49(27-31-54)47-22-18-45(39-70)19-23-47/h42-68,71-72H,3-37,40-41H2,1-2H3. The summed E-state index contributed by atoms with van der Waals surface area (Å²) in [5.74, 6) is 13.3. The van der Waals surface area contributed by atoms with Crippen molar-refractivity contribution in [2.24, 2.45) is 94.7 Å². The number of rotatable bonds is 7. The van der Waals surface area contributed by atoms with Crippen molar-refractivity contribution in [2.45, 2.75) is 305 Å². The molecule has 5 heterocycles. The van der Waals surface area contributed by atoms with E-state index in [2.05, 4.69) is 51.3 Å². The van der Waals surface area contributed by atoms with Gasteiger partial charge in [0, 0.05) is 91.4 Å². The van der Waals surface area contributed by atoms with Gasteiger partial charge in [-0.1, -0.05) is 58.8 Å². The van der Waals surface area contributed by atoms with Crippen LogP contribution in [0.3, 0.4) is 0 Å². The van der Waals surface area contributed by atoms with Crippen molar-refractivity contribution in [1.29, 1.82) is 10.5 Å². The summed E-state index contributed by atoms with van der Waals surface area (Å²) in [6.45, 7) is 8.13. The van der Waals surface area contributed by atoms with Crippen LogP contribution in [0.1, 0.15) is 239 Å². The minimum atomic E-state index is 0.340. The first-order chi connectivity index (χ1) is 36.9. The molecule has 2 N–H and O–H groups in total. The molecular weight excluding hydrogens is 915 g/mol. The van der Waals surface area contributed by atoms with E-state index in [-0.39, 0.29) is 0 Å². The molecule has 18 atom stereocenters. The molecule has 9 aliphatic carbocycles. The molecule has 14 rings (SSSR count). The number of hydrogen-bond acceptors (Lipinski definition) is 7. The topological polar surface area (TPSA) is 81.4 Å². The summed E-state index contributed by atoms with van der Waals surface area (Å²) in [7, 11) is 0. The number of hydrogen-bond donors (Lipinski definition) is 2. The van der Waals surface area contributed by atoms with Crippen LogP contribution in [0.5, 0.6) is 0 Å². The summed E-state index contributed by atoms with van der Waals surface area (Å²) < 4.78 is 0. The number of nitrogens with zero attached hydrogens (tertiary/aromatic N) is 5. The molecule has 0 bridgehead atoms. The fourth-order valence-corrected chi connectivity index (χ4v) is 24.8. The minimum absolute atomic E-state index is 0.340. The predicted molar refractivity (Wildman–Crippen MR) is 303 cm³/mol. The molecule has 0 aromatic rings. The molecule has 0 radical (unpaired) electrons. The number of fused-ring (bicyclic) bond motifs is 9. The fourth-order valence-electron chi connectivity index (χ4n) is 24.8. The lowest BCUT2D eigenvalue weighted by Crippen LogP contribution is -2.58. The van der Waals surface area contributed by atoms with Gasteiger partial charge in [0.1, 0.15) is 0 Å². The Morgan fingerprint density at radius 3 is 1.11 bits per heavy atom. The SMILES string of the molecule is CC1CC(C2CC3C4CCCCC4N(C4CCC(C5CCC(C#N)CC5)CC4)C3CN2)CC2C3CC(C4CC5C6CCCCC6N(C6CCC(C7CCC(C#N)CC7)CC6)C5CN4)CC(C)C3N(C3CCCCC3)C12.